The molecule has 1 saturated heterocycles. The molecule has 6 heteroatoms. The number of aliphatic hydroxyl groups excluding tert-OH is 1. The minimum atomic E-state index is -0.0481. The lowest BCUT2D eigenvalue weighted by Gasteiger charge is -2.37. The zero-order valence-corrected chi connectivity index (χ0v) is 13.5. The van der Waals surface area contributed by atoms with Crippen molar-refractivity contribution in [1.82, 2.24) is 9.88 Å². The van der Waals surface area contributed by atoms with Gasteiger partial charge in [-0.3, -0.25) is 4.79 Å². The molecule has 21 heavy (non-hydrogen) atoms. The van der Waals surface area contributed by atoms with E-state index in [0.29, 0.717) is 23.1 Å². The summed E-state index contributed by atoms with van der Waals surface area (Å²) in [5, 5.41) is 9.65. The van der Waals surface area contributed by atoms with Gasteiger partial charge in [-0.15, -0.1) is 0 Å². The number of hydrogen-bond acceptors (Lipinski definition) is 4. The molecule has 1 aromatic rings. The molecule has 5 nitrogen and oxygen atoms in total. The van der Waals surface area contributed by atoms with E-state index in [9.17, 15) is 9.90 Å². The maximum atomic E-state index is 12.7. The number of hydrogen-bond donors (Lipinski definition) is 1. The largest absolute Gasteiger partial charge is 0.396 e. The summed E-state index contributed by atoms with van der Waals surface area (Å²) in [6, 6.07) is 3.53. The van der Waals surface area contributed by atoms with Crippen molar-refractivity contribution in [1.29, 1.82) is 0 Å². The van der Waals surface area contributed by atoms with Gasteiger partial charge in [0, 0.05) is 38.9 Å². The van der Waals surface area contributed by atoms with Crippen molar-refractivity contribution in [2.75, 3.05) is 32.1 Å². The van der Waals surface area contributed by atoms with Crippen molar-refractivity contribution >= 4 is 23.3 Å². The van der Waals surface area contributed by atoms with E-state index >= 15 is 0 Å². The van der Waals surface area contributed by atoms with Crippen LogP contribution in [0.4, 0.5) is 5.82 Å². The quantitative estimate of drug-likeness (QED) is 0.868. The van der Waals surface area contributed by atoms with Gasteiger partial charge in [0.1, 0.15) is 11.0 Å². The van der Waals surface area contributed by atoms with Crippen LogP contribution < -0.4 is 4.90 Å². The first-order valence-electron chi connectivity index (χ1n) is 7.19. The van der Waals surface area contributed by atoms with Crippen molar-refractivity contribution in [3.05, 3.63) is 22.8 Å². The summed E-state index contributed by atoms with van der Waals surface area (Å²) in [6.45, 7) is 2.76. The second-order valence-corrected chi connectivity index (χ2v) is 6.25. The van der Waals surface area contributed by atoms with Crippen LogP contribution in [0, 0.1) is 5.92 Å². The summed E-state index contributed by atoms with van der Waals surface area (Å²) in [5.41, 5.74) is 0.545. The number of piperidine rings is 1. The second kappa shape index (κ2) is 6.62. The lowest BCUT2D eigenvalue weighted by Crippen LogP contribution is -2.46. The van der Waals surface area contributed by atoms with E-state index in [1.807, 2.05) is 30.8 Å². The standard InChI is InChI=1S/C15H22ClN3O2/c1-10-4-5-11(9-20)8-19(10)15(21)12-6-13(16)17-14(7-12)18(2)3/h6-7,10-11,20H,4-5,8-9H2,1-3H3. The Morgan fingerprint density at radius 1 is 1.48 bits per heavy atom. The molecule has 1 aliphatic heterocycles. The van der Waals surface area contributed by atoms with E-state index in [2.05, 4.69) is 4.98 Å². The number of carbonyl (C=O) groups excluding carboxylic acids is 1. The number of carbonyl (C=O) groups is 1. The molecule has 0 spiro atoms. The van der Waals surface area contributed by atoms with E-state index in [0.717, 1.165) is 12.8 Å². The Morgan fingerprint density at radius 3 is 2.81 bits per heavy atom. The Labute approximate surface area is 130 Å². The minimum absolute atomic E-state index is 0.0481. The summed E-state index contributed by atoms with van der Waals surface area (Å²) in [4.78, 5) is 20.6. The predicted molar refractivity (Wildman–Crippen MR) is 83.9 cm³/mol. The Hall–Kier alpha value is -1.33. The van der Waals surface area contributed by atoms with Crippen LogP contribution in [0.15, 0.2) is 12.1 Å². The number of likely N-dealkylation sites (tertiary alicyclic amines) is 1. The van der Waals surface area contributed by atoms with Gasteiger partial charge in [0.15, 0.2) is 0 Å². The highest BCUT2D eigenvalue weighted by Gasteiger charge is 2.29. The molecule has 2 heterocycles. The number of halogens is 1. The molecule has 1 aliphatic rings. The minimum Gasteiger partial charge on any atom is -0.396 e. The fourth-order valence-corrected chi connectivity index (χ4v) is 2.82. The van der Waals surface area contributed by atoms with Crippen LogP contribution in [-0.2, 0) is 0 Å². The summed E-state index contributed by atoms with van der Waals surface area (Å²) in [6.07, 6.45) is 1.87. The van der Waals surface area contributed by atoms with Crippen LogP contribution in [0.5, 0.6) is 0 Å². The van der Waals surface area contributed by atoms with Crippen molar-refractivity contribution in [2.24, 2.45) is 5.92 Å². The summed E-state index contributed by atoms with van der Waals surface area (Å²) in [5.74, 6) is 0.776. The molecule has 1 aromatic heterocycles. The molecule has 2 unspecified atom stereocenters. The molecule has 0 aromatic carbocycles. The van der Waals surface area contributed by atoms with E-state index in [1.54, 1.807) is 12.1 Å². The first kappa shape index (κ1) is 16.0. The number of pyridine rings is 1. The average molecular weight is 312 g/mol. The van der Waals surface area contributed by atoms with Crippen LogP contribution in [0.1, 0.15) is 30.1 Å². The van der Waals surface area contributed by atoms with E-state index in [-0.39, 0.29) is 24.5 Å². The Balaban J connectivity index is 2.26. The average Bonchev–Trinajstić information content (AvgIpc) is 2.46. The topological polar surface area (TPSA) is 56.7 Å². The molecule has 0 aliphatic carbocycles. The van der Waals surface area contributed by atoms with Crippen LogP contribution in [-0.4, -0.2) is 54.2 Å². The molecular formula is C15H22ClN3O2. The van der Waals surface area contributed by atoms with E-state index in [1.165, 1.54) is 0 Å². The smallest absolute Gasteiger partial charge is 0.254 e. The predicted octanol–water partition coefficient (Wildman–Crippen LogP) is 2.03. The van der Waals surface area contributed by atoms with Gasteiger partial charge < -0.3 is 14.9 Å². The number of amides is 1. The maximum Gasteiger partial charge on any atom is 0.254 e. The van der Waals surface area contributed by atoms with Gasteiger partial charge >= 0.3 is 0 Å². The molecule has 0 radical (unpaired) electrons. The fraction of sp³-hybridized carbons (Fsp3) is 0.600. The Bertz CT molecular complexity index is 522. The Morgan fingerprint density at radius 2 is 2.19 bits per heavy atom. The fourth-order valence-electron chi connectivity index (χ4n) is 2.62. The van der Waals surface area contributed by atoms with Crippen LogP contribution in [0.3, 0.4) is 0 Å². The lowest BCUT2D eigenvalue weighted by molar-refractivity contribution is 0.0489. The highest BCUT2D eigenvalue weighted by atomic mass is 35.5. The Kier molecular flexibility index (Phi) is 5.06. The normalized spacial score (nSPS) is 22.2. The van der Waals surface area contributed by atoms with Gasteiger partial charge in [-0.1, -0.05) is 11.6 Å². The molecule has 2 atom stereocenters. The number of rotatable bonds is 3. The highest BCUT2D eigenvalue weighted by molar-refractivity contribution is 6.29. The summed E-state index contributed by atoms with van der Waals surface area (Å²) in [7, 11) is 3.72. The first-order chi connectivity index (χ1) is 9.92. The summed E-state index contributed by atoms with van der Waals surface area (Å²) >= 11 is 6.02. The van der Waals surface area contributed by atoms with Crippen LogP contribution in [0.25, 0.3) is 0 Å². The second-order valence-electron chi connectivity index (χ2n) is 5.86. The third kappa shape index (κ3) is 3.66. The lowest BCUT2D eigenvalue weighted by atomic mass is 9.93. The van der Waals surface area contributed by atoms with Gasteiger partial charge in [0.2, 0.25) is 0 Å². The zero-order valence-electron chi connectivity index (χ0n) is 12.7. The highest BCUT2D eigenvalue weighted by Crippen LogP contribution is 2.25. The number of aliphatic hydroxyl groups is 1. The van der Waals surface area contributed by atoms with Crippen LogP contribution >= 0.6 is 11.6 Å². The first-order valence-corrected chi connectivity index (χ1v) is 7.57. The molecular weight excluding hydrogens is 290 g/mol. The molecule has 116 valence electrons. The summed E-state index contributed by atoms with van der Waals surface area (Å²) < 4.78 is 0. The molecule has 0 bridgehead atoms. The monoisotopic (exact) mass is 311 g/mol. The maximum absolute atomic E-state index is 12.7. The molecule has 1 N–H and O–H groups in total. The van der Waals surface area contributed by atoms with Crippen molar-refractivity contribution in [3.63, 3.8) is 0 Å². The molecule has 0 saturated carbocycles. The molecule has 1 amide bonds. The number of anilines is 1. The van der Waals surface area contributed by atoms with Gasteiger partial charge in [0.05, 0.1) is 0 Å². The van der Waals surface area contributed by atoms with Crippen molar-refractivity contribution < 1.29 is 9.90 Å². The third-order valence-electron chi connectivity index (χ3n) is 3.98. The van der Waals surface area contributed by atoms with Gasteiger partial charge in [-0.05, 0) is 37.8 Å². The van der Waals surface area contributed by atoms with Gasteiger partial charge in [-0.2, -0.15) is 0 Å². The SMILES string of the molecule is CC1CCC(CO)CN1C(=O)c1cc(Cl)nc(N(C)C)c1. The van der Waals surface area contributed by atoms with Gasteiger partial charge in [0.25, 0.3) is 5.91 Å². The van der Waals surface area contributed by atoms with E-state index in [4.69, 9.17) is 11.6 Å². The molecule has 1 fully saturated rings. The zero-order chi connectivity index (χ0) is 15.6. The molecule has 2 rings (SSSR count). The van der Waals surface area contributed by atoms with E-state index < -0.39 is 0 Å². The van der Waals surface area contributed by atoms with Gasteiger partial charge in [-0.25, -0.2) is 4.98 Å². The van der Waals surface area contributed by atoms with Crippen LogP contribution in [0.2, 0.25) is 5.15 Å². The number of aromatic nitrogens is 1. The van der Waals surface area contributed by atoms with Crippen molar-refractivity contribution in [2.45, 2.75) is 25.8 Å². The van der Waals surface area contributed by atoms with Crippen molar-refractivity contribution in [3.8, 4) is 0 Å². The third-order valence-corrected chi connectivity index (χ3v) is 4.18. The number of nitrogens with zero attached hydrogens (tertiary/aromatic N) is 3.